The highest BCUT2D eigenvalue weighted by Gasteiger charge is 2.50. The molecule has 20 nitrogen and oxygen atoms in total. The number of carbonyl (C=O) groups excluding carboxylic acids is 2. The van der Waals surface area contributed by atoms with Gasteiger partial charge in [-0.2, -0.15) is 0 Å². The number of hydrogen-bond acceptors (Lipinski definition) is 17. The van der Waals surface area contributed by atoms with Crippen molar-refractivity contribution in [1.82, 2.24) is 20.3 Å². The molecule has 348 valence electrons. The van der Waals surface area contributed by atoms with Crippen LogP contribution in [-0.2, 0) is 51.1 Å². The number of ether oxygens (including phenoxy) is 6. The maximum Gasteiger partial charge on any atom is 0.227 e. The summed E-state index contributed by atoms with van der Waals surface area (Å²) in [5, 5.41) is 84.3. The summed E-state index contributed by atoms with van der Waals surface area (Å²) in [6, 6.07) is 14.8. The zero-order chi connectivity index (χ0) is 45.3. The lowest BCUT2D eigenvalue weighted by Gasteiger charge is -2.45. The highest BCUT2D eigenvalue weighted by molar-refractivity contribution is 6.01. The molecule has 10 atom stereocenters. The standard InChI is InChI=1S/C43H61N5O15/c1-43(2,3)14-17-58-20-21-59-18-15-44-31(51)12-13-32(52)47-22-25-8-4-5-9-26(25)34-33(27-10-6-7-11-28(27)47)45-46-48(34)16-19-60-41-39(57)37(55)40(30(24-50)62-41)63-42-38(56)36(54)35(53)29(23-49)61-42/h4-11,29-30,35-42,49-50,53-57H,12-24H2,1-3H3,(H,44,51)/t29?,30-,35?,36?,37?,38?,39?,40?,41+,42?/m0/s1. The van der Waals surface area contributed by atoms with Gasteiger partial charge in [-0.15, -0.1) is 5.10 Å². The molecule has 0 saturated carbocycles. The Morgan fingerprint density at radius 1 is 0.778 bits per heavy atom. The maximum absolute atomic E-state index is 13.9. The second-order valence-electron chi connectivity index (χ2n) is 16.9. The number of amides is 2. The molecule has 63 heavy (non-hydrogen) atoms. The first-order valence-electron chi connectivity index (χ1n) is 21.3. The normalized spacial score (nSPS) is 27.2. The van der Waals surface area contributed by atoms with E-state index in [4.69, 9.17) is 28.4 Å². The van der Waals surface area contributed by atoms with Gasteiger partial charge in [0.1, 0.15) is 54.5 Å². The molecule has 4 heterocycles. The number of para-hydroxylation sites is 1. The molecule has 0 aliphatic carbocycles. The molecule has 1 aromatic heterocycles. The quantitative estimate of drug-likeness (QED) is 0.0703. The molecule has 2 fully saturated rings. The molecule has 0 spiro atoms. The van der Waals surface area contributed by atoms with Crippen molar-refractivity contribution in [3.05, 3.63) is 54.1 Å². The minimum absolute atomic E-state index is 0.0160. The van der Waals surface area contributed by atoms with Crippen molar-refractivity contribution in [2.24, 2.45) is 5.41 Å². The number of aromatic nitrogens is 3. The molecule has 3 aliphatic rings. The Labute approximate surface area is 365 Å². The molecule has 3 aromatic rings. The van der Waals surface area contributed by atoms with E-state index in [1.807, 2.05) is 48.5 Å². The van der Waals surface area contributed by atoms with Crippen molar-refractivity contribution in [3.63, 3.8) is 0 Å². The highest BCUT2D eigenvalue weighted by atomic mass is 16.7. The van der Waals surface area contributed by atoms with E-state index >= 15 is 0 Å². The van der Waals surface area contributed by atoms with Crippen LogP contribution in [0.25, 0.3) is 22.5 Å². The minimum Gasteiger partial charge on any atom is -0.394 e. The number of benzene rings is 2. The number of aliphatic hydroxyl groups excluding tert-OH is 7. The van der Waals surface area contributed by atoms with Crippen LogP contribution in [0.4, 0.5) is 5.69 Å². The van der Waals surface area contributed by atoms with Gasteiger partial charge in [-0.3, -0.25) is 9.59 Å². The third-order valence-corrected chi connectivity index (χ3v) is 11.1. The lowest BCUT2D eigenvalue weighted by Crippen LogP contribution is -2.64. The predicted octanol–water partition coefficient (Wildman–Crippen LogP) is -0.535. The summed E-state index contributed by atoms with van der Waals surface area (Å²) in [6.45, 7) is 7.40. The molecule has 8 unspecified atom stereocenters. The van der Waals surface area contributed by atoms with Gasteiger partial charge in [0.05, 0.1) is 64.1 Å². The Morgan fingerprint density at radius 2 is 1.44 bits per heavy atom. The molecule has 2 amide bonds. The van der Waals surface area contributed by atoms with E-state index in [2.05, 4.69) is 36.4 Å². The summed E-state index contributed by atoms with van der Waals surface area (Å²) in [7, 11) is 0. The Balaban J connectivity index is 1.07. The van der Waals surface area contributed by atoms with Gasteiger partial charge in [-0.1, -0.05) is 68.4 Å². The van der Waals surface area contributed by atoms with Gasteiger partial charge in [-0.05, 0) is 23.5 Å². The minimum atomic E-state index is -1.79. The van der Waals surface area contributed by atoms with Gasteiger partial charge in [0.25, 0.3) is 0 Å². The fourth-order valence-corrected chi connectivity index (χ4v) is 7.55. The van der Waals surface area contributed by atoms with E-state index in [1.165, 1.54) is 0 Å². The van der Waals surface area contributed by atoms with Crippen molar-refractivity contribution in [2.75, 3.05) is 57.7 Å². The predicted molar refractivity (Wildman–Crippen MR) is 222 cm³/mol. The highest BCUT2D eigenvalue weighted by Crippen LogP contribution is 2.41. The monoisotopic (exact) mass is 887 g/mol. The SMILES string of the molecule is CC(C)(C)CCOCCOCCNC(=O)CCC(=O)N1Cc2ccccc2-c2c(nnn2CCO[C@@H]2O[C@@H](CO)C(OC3OC(CO)C(O)C(O)C3O)C(O)C2O)-c2ccccc21. The topological polar surface area (TPSA) is 277 Å². The van der Waals surface area contributed by atoms with Crippen LogP contribution in [0.15, 0.2) is 48.5 Å². The average molecular weight is 888 g/mol. The number of nitrogens with one attached hydrogen (secondary N) is 1. The lowest BCUT2D eigenvalue weighted by atomic mass is 9.93. The molecule has 3 aliphatic heterocycles. The summed E-state index contributed by atoms with van der Waals surface area (Å²) in [6.07, 6.45) is -14.9. The molecular weight excluding hydrogens is 826 g/mol. The van der Waals surface area contributed by atoms with Gasteiger partial charge < -0.3 is 74.4 Å². The average Bonchev–Trinajstić information content (AvgIpc) is 3.68. The molecule has 0 bridgehead atoms. The number of rotatable bonds is 19. The van der Waals surface area contributed by atoms with Crippen molar-refractivity contribution in [2.45, 2.75) is 115 Å². The van der Waals surface area contributed by atoms with Crippen LogP contribution < -0.4 is 10.2 Å². The molecule has 0 radical (unpaired) electrons. The van der Waals surface area contributed by atoms with Crippen molar-refractivity contribution in [3.8, 4) is 22.5 Å². The van der Waals surface area contributed by atoms with Crippen LogP contribution in [0.3, 0.4) is 0 Å². The first kappa shape index (κ1) is 48.5. The zero-order valence-corrected chi connectivity index (χ0v) is 35.8. The van der Waals surface area contributed by atoms with Crippen LogP contribution in [-0.4, -0.2) is 177 Å². The number of aliphatic hydroxyl groups is 7. The third kappa shape index (κ3) is 12.0. The van der Waals surface area contributed by atoms with E-state index < -0.39 is 74.6 Å². The number of carbonyl (C=O) groups is 2. The molecule has 8 N–H and O–H groups in total. The summed E-state index contributed by atoms with van der Waals surface area (Å²) < 4.78 is 35.5. The summed E-state index contributed by atoms with van der Waals surface area (Å²) in [4.78, 5) is 28.3. The molecule has 20 heteroatoms. The summed E-state index contributed by atoms with van der Waals surface area (Å²) in [5.74, 6) is -0.522. The van der Waals surface area contributed by atoms with Gasteiger partial charge in [0.15, 0.2) is 12.6 Å². The number of fused-ring (bicyclic) bond motifs is 5. The molecular formula is C43H61N5O15. The van der Waals surface area contributed by atoms with E-state index in [9.17, 15) is 45.3 Å². The van der Waals surface area contributed by atoms with Gasteiger partial charge in [0, 0.05) is 37.1 Å². The zero-order valence-electron chi connectivity index (χ0n) is 35.8. The Morgan fingerprint density at radius 3 is 2.17 bits per heavy atom. The Bertz CT molecular complexity index is 1940. The van der Waals surface area contributed by atoms with Crippen molar-refractivity contribution in [1.29, 1.82) is 0 Å². The van der Waals surface area contributed by atoms with Crippen LogP contribution in [0.1, 0.15) is 45.6 Å². The summed E-state index contributed by atoms with van der Waals surface area (Å²) >= 11 is 0. The van der Waals surface area contributed by atoms with E-state index in [0.717, 1.165) is 17.5 Å². The van der Waals surface area contributed by atoms with Crippen LogP contribution in [0, 0.1) is 5.41 Å². The second kappa shape index (κ2) is 22.3. The molecule has 2 saturated heterocycles. The fourth-order valence-electron chi connectivity index (χ4n) is 7.55. The lowest BCUT2D eigenvalue weighted by molar-refractivity contribution is -0.359. The maximum atomic E-state index is 13.9. The van der Waals surface area contributed by atoms with Crippen molar-refractivity contribution < 1.29 is 73.8 Å². The van der Waals surface area contributed by atoms with Crippen LogP contribution >= 0.6 is 0 Å². The van der Waals surface area contributed by atoms with E-state index in [0.29, 0.717) is 55.6 Å². The van der Waals surface area contributed by atoms with E-state index in [1.54, 1.807) is 9.58 Å². The Kier molecular flexibility index (Phi) is 17.1. The first-order valence-corrected chi connectivity index (χ1v) is 21.3. The number of hydrogen-bond donors (Lipinski definition) is 8. The van der Waals surface area contributed by atoms with Crippen LogP contribution in [0.5, 0.6) is 0 Å². The van der Waals surface area contributed by atoms with Gasteiger partial charge >= 0.3 is 0 Å². The van der Waals surface area contributed by atoms with Crippen molar-refractivity contribution >= 4 is 17.5 Å². The summed E-state index contributed by atoms with van der Waals surface area (Å²) in [5.41, 5.74) is 4.10. The largest absolute Gasteiger partial charge is 0.394 e. The number of anilines is 1. The first-order chi connectivity index (χ1) is 30.2. The third-order valence-electron chi connectivity index (χ3n) is 11.1. The van der Waals surface area contributed by atoms with Gasteiger partial charge in [-0.25, -0.2) is 4.68 Å². The smallest absolute Gasteiger partial charge is 0.227 e. The molecule has 6 rings (SSSR count). The fraction of sp³-hybridized carbons (Fsp3) is 0.628. The van der Waals surface area contributed by atoms with E-state index in [-0.39, 0.29) is 49.8 Å². The van der Waals surface area contributed by atoms with Crippen LogP contribution in [0.2, 0.25) is 0 Å². The Hall–Kier alpha value is -4.00. The second-order valence-corrected chi connectivity index (χ2v) is 16.9. The number of nitrogens with zero attached hydrogens (tertiary/aromatic N) is 4. The van der Waals surface area contributed by atoms with Gasteiger partial charge in [0.2, 0.25) is 11.8 Å². The molecule has 2 aromatic carbocycles.